The molecule has 1 aromatic heterocycles. The van der Waals surface area contributed by atoms with Gasteiger partial charge in [-0.15, -0.1) is 0 Å². The van der Waals surface area contributed by atoms with Gasteiger partial charge in [-0.3, -0.25) is 9.11 Å². The van der Waals surface area contributed by atoms with Gasteiger partial charge >= 0.3 is 0 Å². The van der Waals surface area contributed by atoms with Crippen LogP contribution in [0.5, 0.6) is 5.88 Å². The first-order valence-corrected chi connectivity index (χ1v) is 10.6. The van der Waals surface area contributed by atoms with Crippen LogP contribution in [0.25, 0.3) is 0 Å². The number of methoxy groups -OCH3 is 1. The molecule has 152 valence electrons. The van der Waals surface area contributed by atoms with Crippen molar-refractivity contribution in [3.63, 3.8) is 0 Å². The normalized spacial score (nSPS) is 15.9. The Morgan fingerprint density at radius 3 is 2.57 bits per heavy atom. The molecule has 0 saturated carbocycles. The second-order valence-corrected chi connectivity index (χ2v) is 8.35. The number of rotatable bonds is 7. The van der Waals surface area contributed by atoms with Crippen molar-refractivity contribution in [3.05, 3.63) is 42.0 Å². The first-order valence-electron chi connectivity index (χ1n) is 9.14. The highest BCUT2D eigenvalue weighted by atomic mass is 32.2. The summed E-state index contributed by atoms with van der Waals surface area (Å²) >= 11 is 0. The molecule has 1 aliphatic heterocycles. The number of halogens is 1. The van der Waals surface area contributed by atoms with E-state index < -0.39 is 22.6 Å². The fourth-order valence-corrected chi connectivity index (χ4v) is 4.21. The van der Waals surface area contributed by atoms with E-state index >= 15 is 0 Å². The first kappa shape index (κ1) is 20.3. The van der Waals surface area contributed by atoms with Crippen LogP contribution in [0.3, 0.4) is 0 Å². The van der Waals surface area contributed by atoms with Gasteiger partial charge in [0.15, 0.2) is 0 Å². The van der Waals surface area contributed by atoms with Crippen molar-refractivity contribution in [3.8, 4) is 5.88 Å². The average molecular weight is 408 g/mol. The first-order chi connectivity index (χ1) is 13.5. The lowest BCUT2D eigenvalue weighted by Crippen LogP contribution is -2.44. The van der Waals surface area contributed by atoms with Crippen LogP contribution in [0.15, 0.2) is 41.3 Å². The molecule has 0 aliphatic carbocycles. The van der Waals surface area contributed by atoms with E-state index in [0.717, 1.165) is 26.2 Å². The van der Waals surface area contributed by atoms with E-state index in [-0.39, 0.29) is 16.5 Å². The number of pyridine rings is 1. The zero-order chi connectivity index (χ0) is 20.1. The Labute approximate surface area is 165 Å². The fraction of sp³-hybridized carbons (Fsp3) is 0.421. The Bertz CT molecular complexity index is 903. The highest BCUT2D eigenvalue weighted by molar-refractivity contribution is 7.92. The molecule has 2 aromatic rings. The standard InChI is InChI=1S/C19H25FN4O3S/c1-14(13-20)16-12-17(24-10-8-21-9-11-24)22-19(27-2)18(16)23-28(25,26)15-6-4-3-5-7-15/h3-7,12,14,21,23H,8-11,13H2,1-2H3/t14-/m0/s1. The maximum Gasteiger partial charge on any atom is 0.262 e. The van der Waals surface area contributed by atoms with Gasteiger partial charge in [0, 0.05) is 32.1 Å². The van der Waals surface area contributed by atoms with Crippen molar-refractivity contribution in [2.75, 3.05) is 49.6 Å². The largest absolute Gasteiger partial charge is 0.479 e. The van der Waals surface area contributed by atoms with Crippen LogP contribution in [0, 0.1) is 0 Å². The minimum Gasteiger partial charge on any atom is -0.479 e. The molecule has 0 amide bonds. The van der Waals surface area contributed by atoms with E-state index in [1.54, 1.807) is 31.2 Å². The maximum absolute atomic E-state index is 13.6. The van der Waals surface area contributed by atoms with E-state index in [0.29, 0.717) is 11.4 Å². The Kier molecular flexibility index (Phi) is 6.35. The van der Waals surface area contributed by atoms with Gasteiger partial charge in [-0.25, -0.2) is 8.42 Å². The monoisotopic (exact) mass is 408 g/mol. The molecule has 3 rings (SSSR count). The molecular formula is C19H25FN4O3S. The fourth-order valence-electron chi connectivity index (χ4n) is 3.10. The van der Waals surface area contributed by atoms with Crippen molar-refractivity contribution in [2.45, 2.75) is 17.7 Å². The quantitative estimate of drug-likeness (QED) is 0.732. The van der Waals surface area contributed by atoms with Crippen LogP contribution in [-0.2, 0) is 10.0 Å². The van der Waals surface area contributed by atoms with Crippen LogP contribution in [0.2, 0.25) is 0 Å². The third-order valence-electron chi connectivity index (χ3n) is 4.69. The molecule has 7 nitrogen and oxygen atoms in total. The molecule has 0 spiro atoms. The Hall–Kier alpha value is -2.39. The molecule has 0 radical (unpaired) electrons. The summed E-state index contributed by atoms with van der Waals surface area (Å²) in [5.41, 5.74) is 0.692. The number of nitrogens with zero attached hydrogens (tertiary/aromatic N) is 2. The van der Waals surface area contributed by atoms with Crippen LogP contribution < -0.4 is 19.7 Å². The van der Waals surface area contributed by atoms with Crippen LogP contribution >= 0.6 is 0 Å². The number of sulfonamides is 1. The van der Waals surface area contributed by atoms with Crippen LogP contribution in [0.4, 0.5) is 15.9 Å². The summed E-state index contributed by atoms with van der Waals surface area (Å²) in [7, 11) is -2.44. The van der Waals surface area contributed by atoms with Gasteiger partial charge in [0.25, 0.3) is 10.0 Å². The highest BCUT2D eigenvalue weighted by Crippen LogP contribution is 2.37. The van der Waals surface area contributed by atoms with Crippen LogP contribution in [-0.4, -0.2) is 53.4 Å². The number of ether oxygens (including phenoxy) is 1. The van der Waals surface area contributed by atoms with E-state index in [1.807, 2.05) is 0 Å². The van der Waals surface area contributed by atoms with Crippen LogP contribution in [0.1, 0.15) is 18.4 Å². The third-order valence-corrected chi connectivity index (χ3v) is 6.06. The molecule has 2 heterocycles. The van der Waals surface area contributed by atoms with Gasteiger partial charge < -0.3 is 15.0 Å². The molecule has 2 N–H and O–H groups in total. The molecule has 1 aliphatic rings. The zero-order valence-electron chi connectivity index (χ0n) is 16.0. The van der Waals surface area contributed by atoms with Gasteiger partial charge in [-0.1, -0.05) is 25.1 Å². The average Bonchev–Trinajstić information content (AvgIpc) is 2.74. The molecule has 0 unspecified atom stereocenters. The van der Waals surface area contributed by atoms with Gasteiger partial charge in [0.2, 0.25) is 5.88 Å². The number of aromatic nitrogens is 1. The third kappa shape index (κ3) is 4.36. The summed E-state index contributed by atoms with van der Waals surface area (Å²) in [6.45, 7) is 4.23. The summed E-state index contributed by atoms with van der Waals surface area (Å²) in [6.07, 6.45) is 0. The van der Waals surface area contributed by atoms with E-state index in [4.69, 9.17) is 4.74 Å². The lowest BCUT2D eigenvalue weighted by Gasteiger charge is -2.30. The molecule has 9 heteroatoms. The van der Waals surface area contributed by atoms with E-state index in [2.05, 4.69) is 19.9 Å². The van der Waals surface area contributed by atoms with E-state index in [1.165, 1.54) is 19.2 Å². The number of hydrogen-bond acceptors (Lipinski definition) is 6. The molecule has 28 heavy (non-hydrogen) atoms. The topological polar surface area (TPSA) is 83.6 Å². The second-order valence-electron chi connectivity index (χ2n) is 6.66. The summed E-state index contributed by atoms with van der Waals surface area (Å²) < 4.78 is 47.1. The number of benzene rings is 1. The van der Waals surface area contributed by atoms with Gasteiger partial charge in [-0.2, -0.15) is 4.98 Å². The summed E-state index contributed by atoms with van der Waals surface area (Å²) in [6, 6.07) is 9.76. The minimum absolute atomic E-state index is 0.113. The number of hydrogen-bond donors (Lipinski definition) is 2. The lowest BCUT2D eigenvalue weighted by atomic mass is 10.0. The van der Waals surface area contributed by atoms with Crippen molar-refractivity contribution in [2.24, 2.45) is 0 Å². The summed E-state index contributed by atoms with van der Waals surface area (Å²) in [5.74, 6) is 0.259. The molecule has 1 aromatic carbocycles. The van der Waals surface area contributed by atoms with Crippen molar-refractivity contribution in [1.29, 1.82) is 0 Å². The van der Waals surface area contributed by atoms with Crippen molar-refractivity contribution in [1.82, 2.24) is 10.3 Å². The Morgan fingerprint density at radius 1 is 1.29 bits per heavy atom. The van der Waals surface area contributed by atoms with Crippen molar-refractivity contribution >= 4 is 21.5 Å². The summed E-state index contributed by atoms with van der Waals surface area (Å²) in [4.78, 5) is 6.68. The van der Waals surface area contributed by atoms with Gasteiger partial charge in [0.1, 0.15) is 11.5 Å². The smallest absolute Gasteiger partial charge is 0.262 e. The number of anilines is 2. The minimum atomic E-state index is -3.86. The Balaban J connectivity index is 2.05. The molecule has 1 saturated heterocycles. The zero-order valence-corrected chi connectivity index (χ0v) is 16.8. The molecular weight excluding hydrogens is 383 g/mol. The highest BCUT2D eigenvalue weighted by Gasteiger charge is 2.25. The molecule has 0 bridgehead atoms. The molecule has 1 atom stereocenters. The Morgan fingerprint density at radius 2 is 1.96 bits per heavy atom. The molecule has 1 fully saturated rings. The number of nitrogens with one attached hydrogen (secondary N) is 2. The number of alkyl halides is 1. The predicted molar refractivity (Wildman–Crippen MR) is 108 cm³/mol. The van der Waals surface area contributed by atoms with Crippen molar-refractivity contribution < 1.29 is 17.5 Å². The van der Waals surface area contributed by atoms with Gasteiger partial charge in [0.05, 0.1) is 18.7 Å². The second kappa shape index (κ2) is 8.74. The predicted octanol–water partition coefficient (Wildman–Crippen LogP) is 2.37. The number of piperazine rings is 1. The van der Waals surface area contributed by atoms with Gasteiger partial charge in [-0.05, 0) is 23.8 Å². The summed E-state index contributed by atoms with van der Waals surface area (Å²) in [5, 5.41) is 3.27. The maximum atomic E-state index is 13.6. The lowest BCUT2D eigenvalue weighted by molar-refractivity contribution is 0.397. The SMILES string of the molecule is COc1nc(N2CCNCC2)cc([C@@H](C)CF)c1NS(=O)(=O)c1ccccc1. The van der Waals surface area contributed by atoms with E-state index in [9.17, 15) is 12.8 Å².